The Hall–Kier alpha value is -1.76. The quantitative estimate of drug-likeness (QED) is 0.893. The average Bonchev–Trinajstić information content (AvgIpc) is 2.55. The van der Waals surface area contributed by atoms with Gasteiger partial charge in [-0.15, -0.1) is 0 Å². The first-order valence-corrected chi connectivity index (χ1v) is 8.00. The van der Waals surface area contributed by atoms with Crippen LogP contribution in [0.4, 0.5) is 13.2 Å². The number of carbonyl (C=O) groups excluding carboxylic acids is 1. The molecule has 7 heteroatoms. The summed E-state index contributed by atoms with van der Waals surface area (Å²) in [4.78, 5) is 14.0. The lowest BCUT2D eigenvalue weighted by molar-refractivity contribution is -0.139. The second kappa shape index (κ2) is 7.42. The van der Waals surface area contributed by atoms with Crippen LogP contribution < -0.4 is 10.1 Å². The van der Waals surface area contributed by atoms with Crippen molar-refractivity contribution in [2.45, 2.75) is 25.9 Å². The number of ether oxygens (including phenoxy) is 1. The Morgan fingerprint density at radius 3 is 2.50 bits per heavy atom. The lowest BCUT2D eigenvalue weighted by Gasteiger charge is -2.37. The highest BCUT2D eigenvalue weighted by atomic mass is 19.4. The molecule has 1 fully saturated rings. The minimum absolute atomic E-state index is 0.0394. The summed E-state index contributed by atoms with van der Waals surface area (Å²) >= 11 is 0. The van der Waals surface area contributed by atoms with Crippen LogP contribution in [0.25, 0.3) is 0 Å². The Kier molecular flexibility index (Phi) is 5.74. The summed E-state index contributed by atoms with van der Waals surface area (Å²) in [5.41, 5.74) is -1.12. The van der Waals surface area contributed by atoms with E-state index >= 15 is 0 Å². The molecule has 0 spiro atoms. The standard InChI is InChI=1S/C17H23F3N2O2/c1-16(15(23)21-2)7-9-22(10-8-16)11-12-24-14-6-4-3-5-13(14)17(18,19)20/h3-6H,7-12H2,1-2H3,(H,21,23). The molecule has 1 aliphatic rings. The second-order valence-corrected chi connectivity index (χ2v) is 6.32. The zero-order valence-corrected chi connectivity index (χ0v) is 13.9. The van der Waals surface area contributed by atoms with E-state index < -0.39 is 11.7 Å². The van der Waals surface area contributed by atoms with Crippen LogP contribution in [0.5, 0.6) is 5.75 Å². The van der Waals surface area contributed by atoms with Crippen LogP contribution in [0.2, 0.25) is 0 Å². The topological polar surface area (TPSA) is 41.6 Å². The molecule has 24 heavy (non-hydrogen) atoms. The van der Waals surface area contributed by atoms with Gasteiger partial charge in [-0.2, -0.15) is 13.2 Å². The molecule has 0 radical (unpaired) electrons. The van der Waals surface area contributed by atoms with Gasteiger partial charge in [0.2, 0.25) is 5.91 Å². The largest absolute Gasteiger partial charge is 0.492 e. The van der Waals surface area contributed by atoms with Crippen molar-refractivity contribution < 1.29 is 22.7 Å². The van der Waals surface area contributed by atoms with Crippen molar-refractivity contribution >= 4 is 5.91 Å². The fourth-order valence-corrected chi connectivity index (χ4v) is 2.91. The number of benzene rings is 1. The van der Waals surface area contributed by atoms with Gasteiger partial charge in [-0.05, 0) is 38.1 Å². The number of nitrogens with zero attached hydrogens (tertiary/aromatic N) is 1. The van der Waals surface area contributed by atoms with Crippen molar-refractivity contribution in [3.05, 3.63) is 29.8 Å². The van der Waals surface area contributed by atoms with Gasteiger partial charge in [-0.3, -0.25) is 9.69 Å². The number of hydrogen-bond donors (Lipinski definition) is 1. The van der Waals surface area contributed by atoms with Crippen molar-refractivity contribution in [1.29, 1.82) is 0 Å². The molecule has 1 aliphatic heterocycles. The van der Waals surface area contributed by atoms with Crippen LogP contribution >= 0.6 is 0 Å². The van der Waals surface area contributed by atoms with Gasteiger partial charge < -0.3 is 10.1 Å². The maximum absolute atomic E-state index is 12.9. The highest BCUT2D eigenvalue weighted by Gasteiger charge is 2.36. The molecular weight excluding hydrogens is 321 g/mol. The van der Waals surface area contributed by atoms with E-state index in [1.165, 1.54) is 18.2 Å². The van der Waals surface area contributed by atoms with Crippen LogP contribution in [-0.4, -0.2) is 44.1 Å². The third-order valence-corrected chi connectivity index (χ3v) is 4.59. The van der Waals surface area contributed by atoms with Crippen molar-refractivity contribution in [2.24, 2.45) is 5.41 Å². The lowest BCUT2D eigenvalue weighted by Crippen LogP contribution is -2.47. The molecule has 0 atom stereocenters. The first kappa shape index (κ1) is 18.6. The summed E-state index contributed by atoms with van der Waals surface area (Å²) < 4.78 is 44.0. The van der Waals surface area contributed by atoms with Gasteiger partial charge in [0.1, 0.15) is 12.4 Å². The summed E-state index contributed by atoms with van der Waals surface area (Å²) in [5.74, 6) is -0.102. The number of nitrogens with one attached hydrogen (secondary N) is 1. The maximum atomic E-state index is 12.9. The van der Waals surface area contributed by atoms with Crippen molar-refractivity contribution in [1.82, 2.24) is 10.2 Å². The summed E-state index contributed by atoms with van der Waals surface area (Å²) in [5, 5.41) is 2.69. The molecule has 0 aliphatic carbocycles. The van der Waals surface area contributed by atoms with Gasteiger partial charge in [-0.25, -0.2) is 0 Å². The molecule has 0 bridgehead atoms. The normalized spacial score (nSPS) is 18.2. The van der Waals surface area contributed by atoms with E-state index in [9.17, 15) is 18.0 Å². The number of alkyl halides is 3. The number of hydrogen-bond acceptors (Lipinski definition) is 3. The fourth-order valence-electron chi connectivity index (χ4n) is 2.91. The fraction of sp³-hybridized carbons (Fsp3) is 0.588. The molecule has 1 saturated heterocycles. The third-order valence-electron chi connectivity index (χ3n) is 4.59. The zero-order chi connectivity index (χ0) is 17.8. The molecule has 1 aromatic rings. The Labute approximate surface area is 140 Å². The Bertz CT molecular complexity index is 567. The third kappa shape index (κ3) is 4.41. The molecule has 1 aromatic carbocycles. The van der Waals surface area contributed by atoms with E-state index in [0.717, 1.165) is 32.0 Å². The summed E-state index contributed by atoms with van der Waals surface area (Å²) in [6, 6.07) is 5.23. The smallest absolute Gasteiger partial charge is 0.419 e. The summed E-state index contributed by atoms with van der Waals surface area (Å²) in [7, 11) is 1.63. The number of rotatable bonds is 5. The van der Waals surface area contributed by atoms with Gasteiger partial charge in [0, 0.05) is 19.0 Å². The summed E-state index contributed by atoms with van der Waals surface area (Å²) in [6.07, 6.45) is -2.96. The molecular formula is C17H23F3N2O2. The molecule has 4 nitrogen and oxygen atoms in total. The Morgan fingerprint density at radius 1 is 1.29 bits per heavy atom. The minimum atomic E-state index is -4.42. The number of halogens is 3. The van der Waals surface area contributed by atoms with Crippen LogP contribution in [0.1, 0.15) is 25.3 Å². The van der Waals surface area contributed by atoms with E-state index in [4.69, 9.17) is 4.74 Å². The monoisotopic (exact) mass is 344 g/mol. The highest BCUT2D eigenvalue weighted by molar-refractivity contribution is 5.82. The van der Waals surface area contributed by atoms with Crippen molar-refractivity contribution in [3.8, 4) is 5.75 Å². The van der Waals surface area contributed by atoms with E-state index in [0.29, 0.717) is 6.54 Å². The molecule has 1 N–H and O–H groups in total. The second-order valence-electron chi connectivity index (χ2n) is 6.32. The Balaban J connectivity index is 1.84. The van der Waals surface area contributed by atoms with Gasteiger partial charge in [0.25, 0.3) is 0 Å². The zero-order valence-electron chi connectivity index (χ0n) is 13.9. The molecule has 134 valence electrons. The lowest BCUT2D eigenvalue weighted by atomic mass is 9.79. The summed E-state index contributed by atoms with van der Waals surface area (Å²) in [6.45, 7) is 4.13. The van der Waals surface area contributed by atoms with E-state index in [1.807, 2.05) is 6.92 Å². The Morgan fingerprint density at radius 2 is 1.92 bits per heavy atom. The average molecular weight is 344 g/mol. The maximum Gasteiger partial charge on any atom is 0.419 e. The van der Waals surface area contributed by atoms with Crippen molar-refractivity contribution in [2.75, 3.05) is 33.3 Å². The van der Waals surface area contributed by atoms with Crippen LogP contribution in [0.3, 0.4) is 0 Å². The van der Waals surface area contributed by atoms with E-state index in [1.54, 1.807) is 7.05 Å². The van der Waals surface area contributed by atoms with E-state index in [-0.39, 0.29) is 23.7 Å². The first-order valence-electron chi connectivity index (χ1n) is 8.00. The molecule has 1 heterocycles. The van der Waals surface area contributed by atoms with Gasteiger partial charge in [0.05, 0.1) is 5.56 Å². The first-order chi connectivity index (χ1) is 11.3. The molecule has 1 amide bonds. The molecule has 0 saturated carbocycles. The molecule has 0 unspecified atom stereocenters. The van der Waals surface area contributed by atoms with Gasteiger partial charge >= 0.3 is 6.18 Å². The number of amides is 1. The highest BCUT2D eigenvalue weighted by Crippen LogP contribution is 2.36. The van der Waals surface area contributed by atoms with Crippen LogP contribution in [0, 0.1) is 5.41 Å². The predicted molar refractivity (Wildman–Crippen MR) is 84.8 cm³/mol. The van der Waals surface area contributed by atoms with Gasteiger partial charge in [0.15, 0.2) is 0 Å². The minimum Gasteiger partial charge on any atom is -0.492 e. The van der Waals surface area contributed by atoms with Crippen molar-refractivity contribution in [3.63, 3.8) is 0 Å². The molecule has 0 aromatic heterocycles. The predicted octanol–water partition coefficient (Wildman–Crippen LogP) is 2.93. The number of carbonyl (C=O) groups is 1. The number of piperidine rings is 1. The van der Waals surface area contributed by atoms with Gasteiger partial charge in [-0.1, -0.05) is 19.1 Å². The van der Waals surface area contributed by atoms with Crippen LogP contribution in [0.15, 0.2) is 24.3 Å². The SMILES string of the molecule is CNC(=O)C1(C)CCN(CCOc2ccccc2C(F)(F)F)CC1. The molecule has 2 rings (SSSR count). The van der Waals surface area contributed by atoms with E-state index in [2.05, 4.69) is 10.2 Å². The number of para-hydroxylation sites is 1. The number of likely N-dealkylation sites (tertiary alicyclic amines) is 1. The van der Waals surface area contributed by atoms with Crippen LogP contribution in [-0.2, 0) is 11.0 Å².